The van der Waals surface area contributed by atoms with E-state index in [1.807, 2.05) is 6.92 Å². The summed E-state index contributed by atoms with van der Waals surface area (Å²) in [5.41, 5.74) is 0.0875. The standard InChI is InChI=1S/C11H14N4O2/c1-3-15-9-7(10(16)14-11(15)17)12-8(13-9)6-4-5(6)2/h5-6H,3-4H2,1-2H3,(H,12,13)(H,14,16,17). The highest BCUT2D eigenvalue weighted by molar-refractivity contribution is 5.69. The lowest BCUT2D eigenvalue weighted by molar-refractivity contribution is 0.718. The molecule has 2 N–H and O–H groups in total. The van der Waals surface area contributed by atoms with Gasteiger partial charge in [-0.05, 0) is 19.3 Å². The predicted molar refractivity (Wildman–Crippen MR) is 63.2 cm³/mol. The number of H-pyrrole nitrogens is 2. The lowest BCUT2D eigenvalue weighted by Gasteiger charge is -1.99. The van der Waals surface area contributed by atoms with Crippen LogP contribution in [0.1, 0.15) is 32.0 Å². The highest BCUT2D eigenvalue weighted by Crippen LogP contribution is 2.45. The molecule has 6 heteroatoms. The number of nitrogens with one attached hydrogen (secondary N) is 2. The number of fused-ring (bicyclic) bond motifs is 1. The SMILES string of the molecule is CCn1c(=O)[nH]c(=O)c2[nH]c(C3CC3C)nc21. The highest BCUT2D eigenvalue weighted by atomic mass is 16.2. The van der Waals surface area contributed by atoms with Crippen LogP contribution in [0.25, 0.3) is 11.2 Å². The summed E-state index contributed by atoms with van der Waals surface area (Å²) in [6, 6.07) is 0. The number of imidazole rings is 1. The van der Waals surface area contributed by atoms with Crippen molar-refractivity contribution in [1.82, 2.24) is 19.5 Å². The largest absolute Gasteiger partial charge is 0.336 e. The molecule has 0 aliphatic heterocycles. The minimum atomic E-state index is -0.396. The zero-order chi connectivity index (χ0) is 12.2. The molecular formula is C11H14N4O2. The fraction of sp³-hybridized carbons (Fsp3) is 0.545. The summed E-state index contributed by atoms with van der Waals surface area (Å²) in [4.78, 5) is 33.0. The molecule has 1 saturated carbocycles. The van der Waals surface area contributed by atoms with Gasteiger partial charge < -0.3 is 4.98 Å². The average molecular weight is 234 g/mol. The van der Waals surface area contributed by atoms with Gasteiger partial charge in [-0.2, -0.15) is 0 Å². The monoisotopic (exact) mass is 234 g/mol. The fourth-order valence-electron chi connectivity index (χ4n) is 2.23. The summed E-state index contributed by atoms with van der Waals surface area (Å²) in [5.74, 6) is 1.84. The van der Waals surface area contributed by atoms with E-state index in [1.165, 1.54) is 4.57 Å². The molecule has 2 heterocycles. The van der Waals surface area contributed by atoms with Gasteiger partial charge in [0.25, 0.3) is 5.56 Å². The minimum absolute atomic E-state index is 0.387. The van der Waals surface area contributed by atoms with Crippen molar-refractivity contribution < 1.29 is 0 Å². The maximum absolute atomic E-state index is 11.7. The predicted octanol–water partition coefficient (Wildman–Crippen LogP) is 0.556. The topological polar surface area (TPSA) is 83.5 Å². The van der Waals surface area contributed by atoms with Crippen LogP contribution >= 0.6 is 0 Å². The van der Waals surface area contributed by atoms with E-state index >= 15 is 0 Å². The van der Waals surface area contributed by atoms with Crippen LogP contribution in [0.3, 0.4) is 0 Å². The first-order valence-electron chi connectivity index (χ1n) is 5.84. The Balaban J connectivity index is 2.30. The molecule has 1 aliphatic rings. The van der Waals surface area contributed by atoms with Gasteiger partial charge in [-0.25, -0.2) is 9.78 Å². The summed E-state index contributed by atoms with van der Waals surface area (Å²) in [5, 5.41) is 0. The van der Waals surface area contributed by atoms with E-state index in [-0.39, 0.29) is 5.56 Å². The van der Waals surface area contributed by atoms with E-state index in [9.17, 15) is 9.59 Å². The third-order valence-corrected chi connectivity index (χ3v) is 3.43. The molecule has 0 radical (unpaired) electrons. The van der Waals surface area contributed by atoms with E-state index in [0.29, 0.717) is 29.5 Å². The van der Waals surface area contributed by atoms with Gasteiger partial charge >= 0.3 is 5.69 Å². The molecule has 2 aromatic rings. The van der Waals surface area contributed by atoms with Crippen LogP contribution < -0.4 is 11.2 Å². The first kappa shape index (κ1) is 10.3. The van der Waals surface area contributed by atoms with Crippen LogP contribution in [0.2, 0.25) is 0 Å². The number of hydrogen-bond acceptors (Lipinski definition) is 3. The molecule has 3 rings (SSSR count). The molecule has 0 spiro atoms. The molecule has 90 valence electrons. The molecule has 17 heavy (non-hydrogen) atoms. The van der Waals surface area contributed by atoms with Gasteiger partial charge in [0, 0.05) is 12.5 Å². The Labute approximate surface area is 96.7 Å². The van der Waals surface area contributed by atoms with E-state index in [0.717, 1.165) is 12.2 Å². The first-order valence-corrected chi connectivity index (χ1v) is 5.84. The van der Waals surface area contributed by atoms with Gasteiger partial charge in [0.2, 0.25) is 0 Å². The summed E-state index contributed by atoms with van der Waals surface area (Å²) in [7, 11) is 0. The Hall–Kier alpha value is -1.85. The lowest BCUT2D eigenvalue weighted by Crippen LogP contribution is -2.29. The lowest BCUT2D eigenvalue weighted by atomic mass is 10.3. The molecule has 6 nitrogen and oxygen atoms in total. The third-order valence-electron chi connectivity index (χ3n) is 3.43. The Morgan fingerprint density at radius 2 is 2.12 bits per heavy atom. The van der Waals surface area contributed by atoms with Gasteiger partial charge in [0.1, 0.15) is 11.3 Å². The molecule has 2 atom stereocenters. The number of aromatic amines is 2. The zero-order valence-corrected chi connectivity index (χ0v) is 9.78. The van der Waals surface area contributed by atoms with E-state index in [1.54, 1.807) is 0 Å². The van der Waals surface area contributed by atoms with Gasteiger partial charge in [0.15, 0.2) is 5.65 Å². The fourth-order valence-corrected chi connectivity index (χ4v) is 2.23. The average Bonchev–Trinajstić information content (AvgIpc) is 2.85. The van der Waals surface area contributed by atoms with E-state index in [4.69, 9.17) is 0 Å². The smallest absolute Gasteiger partial charge is 0.330 e. The van der Waals surface area contributed by atoms with Gasteiger partial charge in [-0.3, -0.25) is 14.3 Å². The van der Waals surface area contributed by atoms with Crippen molar-refractivity contribution >= 4 is 11.2 Å². The molecule has 0 bridgehead atoms. The second-order valence-electron chi connectivity index (χ2n) is 4.64. The molecule has 0 saturated heterocycles. The van der Waals surface area contributed by atoms with Crippen molar-refractivity contribution in [2.45, 2.75) is 32.7 Å². The summed E-state index contributed by atoms with van der Waals surface area (Å²) >= 11 is 0. The van der Waals surface area contributed by atoms with Crippen LogP contribution in [0, 0.1) is 5.92 Å². The van der Waals surface area contributed by atoms with Crippen molar-refractivity contribution in [2.24, 2.45) is 5.92 Å². The van der Waals surface area contributed by atoms with Gasteiger partial charge in [0.05, 0.1) is 0 Å². The molecular weight excluding hydrogens is 220 g/mol. The van der Waals surface area contributed by atoms with E-state index in [2.05, 4.69) is 21.9 Å². The van der Waals surface area contributed by atoms with Crippen LogP contribution in [0.5, 0.6) is 0 Å². The zero-order valence-electron chi connectivity index (χ0n) is 9.78. The molecule has 0 aromatic carbocycles. The van der Waals surface area contributed by atoms with Crippen LogP contribution in [0.15, 0.2) is 9.59 Å². The molecule has 1 aliphatic carbocycles. The molecule has 2 aromatic heterocycles. The number of hydrogen-bond donors (Lipinski definition) is 2. The van der Waals surface area contributed by atoms with Crippen molar-refractivity contribution in [3.8, 4) is 0 Å². The second-order valence-corrected chi connectivity index (χ2v) is 4.64. The van der Waals surface area contributed by atoms with E-state index < -0.39 is 5.69 Å². The van der Waals surface area contributed by atoms with Crippen LogP contribution in [0.4, 0.5) is 0 Å². The number of aryl methyl sites for hydroxylation is 1. The van der Waals surface area contributed by atoms with Gasteiger partial charge in [-0.1, -0.05) is 6.92 Å². The number of rotatable bonds is 2. The Morgan fingerprint density at radius 3 is 2.71 bits per heavy atom. The third kappa shape index (κ3) is 1.44. The summed E-state index contributed by atoms with van der Waals surface area (Å²) < 4.78 is 1.48. The van der Waals surface area contributed by atoms with Crippen molar-refractivity contribution in [3.05, 3.63) is 26.7 Å². The maximum atomic E-state index is 11.7. The summed E-state index contributed by atoms with van der Waals surface area (Å²) in [6.45, 7) is 4.50. The number of nitrogens with zero attached hydrogens (tertiary/aromatic N) is 2. The Kier molecular flexibility index (Phi) is 2.01. The quantitative estimate of drug-likeness (QED) is 0.796. The van der Waals surface area contributed by atoms with Crippen LogP contribution in [-0.2, 0) is 6.54 Å². The Bertz CT molecular complexity index is 694. The van der Waals surface area contributed by atoms with Crippen molar-refractivity contribution in [1.29, 1.82) is 0 Å². The minimum Gasteiger partial charge on any atom is -0.336 e. The van der Waals surface area contributed by atoms with Crippen LogP contribution in [-0.4, -0.2) is 19.5 Å². The second kappa shape index (κ2) is 3.32. The van der Waals surface area contributed by atoms with Gasteiger partial charge in [-0.15, -0.1) is 0 Å². The molecule has 0 amide bonds. The maximum Gasteiger partial charge on any atom is 0.330 e. The normalized spacial score (nSPS) is 23.2. The molecule has 1 fully saturated rings. The van der Waals surface area contributed by atoms with Crippen molar-refractivity contribution in [2.75, 3.05) is 0 Å². The summed E-state index contributed by atoms with van der Waals surface area (Å²) in [6.07, 6.45) is 1.09. The molecule has 2 unspecified atom stereocenters. The first-order chi connectivity index (χ1) is 8.11. The highest BCUT2D eigenvalue weighted by Gasteiger charge is 2.37. The Morgan fingerprint density at radius 1 is 1.41 bits per heavy atom. The number of aromatic nitrogens is 4. The van der Waals surface area contributed by atoms with Crippen molar-refractivity contribution in [3.63, 3.8) is 0 Å².